The number of carbonyl (C=O) groups excluding carboxylic acids is 2. The van der Waals surface area contributed by atoms with Crippen molar-refractivity contribution < 1.29 is 9.59 Å². The number of hydrogen-bond acceptors (Lipinski definition) is 4. The first-order chi connectivity index (χ1) is 12.6. The molecule has 0 aliphatic heterocycles. The summed E-state index contributed by atoms with van der Waals surface area (Å²) in [5, 5.41) is 10.3. The molecule has 0 bridgehead atoms. The monoisotopic (exact) mass is 373 g/mol. The molecular weight excluding hydrogens is 346 g/mol. The van der Waals surface area contributed by atoms with Gasteiger partial charge in [0.15, 0.2) is 0 Å². The first kappa shape index (κ1) is 20.1. The average molecular weight is 374 g/mol. The molecule has 2 aromatic rings. The van der Waals surface area contributed by atoms with Crippen molar-refractivity contribution in [1.29, 1.82) is 0 Å². The second-order valence-corrected chi connectivity index (χ2v) is 7.06. The van der Waals surface area contributed by atoms with E-state index in [-0.39, 0.29) is 18.5 Å². The zero-order valence-electron chi connectivity index (χ0n) is 15.4. The van der Waals surface area contributed by atoms with Crippen molar-refractivity contribution in [3.05, 3.63) is 57.8 Å². The highest BCUT2D eigenvalue weighted by molar-refractivity contribution is 7.10. The molecule has 0 saturated carbocycles. The van der Waals surface area contributed by atoms with E-state index < -0.39 is 6.03 Å². The van der Waals surface area contributed by atoms with Crippen LogP contribution in [0.5, 0.6) is 0 Å². The normalized spacial score (nSPS) is 11.8. The molecule has 2 rings (SSSR count). The second-order valence-electron chi connectivity index (χ2n) is 6.08. The highest BCUT2D eigenvalue weighted by atomic mass is 32.1. The minimum atomic E-state index is -0.440. The first-order valence-electron chi connectivity index (χ1n) is 9.07. The van der Waals surface area contributed by atoms with E-state index >= 15 is 0 Å². The molecule has 0 saturated heterocycles. The fourth-order valence-electron chi connectivity index (χ4n) is 2.57. The van der Waals surface area contributed by atoms with Gasteiger partial charge < -0.3 is 5.32 Å². The Morgan fingerprint density at radius 3 is 2.50 bits per heavy atom. The van der Waals surface area contributed by atoms with Gasteiger partial charge in [-0.15, -0.1) is 11.3 Å². The highest BCUT2D eigenvalue weighted by Crippen LogP contribution is 2.26. The van der Waals surface area contributed by atoms with Crippen molar-refractivity contribution in [3.63, 3.8) is 0 Å². The van der Waals surface area contributed by atoms with E-state index in [0.29, 0.717) is 6.54 Å². The van der Waals surface area contributed by atoms with Gasteiger partial charge in [0.25, 0.3) is 0 Å². The van der Waals surface area contributed by atoms with Gasteiger partial charge in [0, 0.05) is 11.4 Å². The molecular formula is C20H27N3O2S. The van der Waals surface area contributed by atoms with E-state index in [9.17, 15) is 9.59 Å². The maximum Gasteiger partial charge on any atom is 0.321 e. The third kappa shape index (κ3) is 6.28. The van der Waals surface area contributed by atoms with Crippen LogP contribution in [0.1, 0.15) is 48.7 Å². The van der Waals surface area contributed by atoms with Gasteiger partial charge >= 0.3 is 6.03 Å². The van der Waals surface area contributed by atoms with Crippen LogP contribution in [0.4, 0.5) is 4.79 Å². The molecule has 3 amide bonds. The number of unbranched alkanes of at least 4 members (excludes halogenated alkanes) is 1. The summed E-state index contributed by atoms with van der Waals surface area (Å²) in [6, 6.07) is 11.9. The summed E-state index contributed by atoms with van der Waals surface area (Å²) in [6.07, 6.45) is 2.89. The molecule has 1 aromatic carbocycles. The van der Waals surface area contributed by atoms with Crippen LogP contribution in [-0.2, 0) is 11.2 Å². The molecule has 1 heterocycles. The molecule has 0 spiro atoms. The number of benzene rings is 1. The van der Waals surface area contributed by atoms with Crippen molar-refractivity contribution >= 4 is 23.3 Å². The van der Waals surface area contributed by atoms with Gasteiger partial charge in [0.1, 0.15) is 0 Å². The van der Waals surface area contributed by atoms with Crippen molar-refractivity contribution in [1.82, 2.24) is 16.0 Å². The summed E-state index contributed by atoms with van der Waals surface area (Å²) in [7, 11) is 0. The van der Waals surface area contributed by atoms with E-state index in [1.807, 2.05) is 24.4 Å². The van der Waals surface area contributed by atoms with Crippen LogP contribution in [0.15, 0.2) is 41.8 Å². The number of urea groups is 1. The molecule has 5 nitrogen and oxygen atoms in total. The molecule has 1 atom stereocenters. The third-order valence-corrected chi connectivity index (χ3v) is 5.02. The van der Waals surface area contributed by atoms with Crippen molar-refractivity contribution in [2.24, 2.45) is 0 Å². The number of hydrogen-bond donors (Lipinski definition) is 3. The lowest BCUT2D eigenvalue weighted by Gasteiger charge is -2.18. The molecule has 0 aliphatic rings. The van der Waals surface area contributed by atoms with E-state index in [1.165, 1.54) is 5.56 Å². The fraction of sp³-hybridized carbons (Fsp3) is 0.400. The number of carbonyl (C=O) groups is 2. The molecule has 0 radical (unpaired) electrons. The predicted molar refractivity (Wildman–Crippen MR) is 106 cm³/mol. The van der Waals surface area contributed by atoms with E-state index in [0.717, 1.165) is 29.7 Å². The Balaban J connectivity index is 1.95. The van der Waals surface area contributed by atoms with Crippen LogP contribution in [0.2, 0.25) is 0 Å². The molecule has 6 heteroatoms. The van der Waals surface area contributed by atoms with Crippen molar-refractivity contribution in [2.75, 3.05) is 13.1 Å². The second kappa shape index (κ2) is 10.7. The molecule has 0 unspecified atom stereocenters. The number of rotatable bonds is 9. The summed E-state index contributed by atoms with van der Waals surface area (Å²) in [5.41, 5.74) is 2.38. The average Bonchev–Trinajstić information content (AvgIpc) is 3.17. The van der Waals surface area contributed by atoms with Gasteiger partial charge in [0.2, 0.25) is 5.91 Å². The van der Waals surface area contributed by atoms with Crippen molar-refractivity contribution in [3.8, 4) is 0 Å². The Bertz CT molecular complexity index is 684. The van der Waals surface area contributed by atoms with Gasteiger partial charge in [-0.1, -0.05) is 50.6 Å². The minimum absolute atomic E-state index is 0.0687. The Hall–Kier alpha value is -2.18. The number of nitrogens with one attached hydrogen (secondary N) is 3. The predicted octanol–water partition coefficient (Wildman–Crippen LogP) is 3.62. The highest BCUT2D eigenvalue weighted by Gasteiger charge is 2.17. The summed E-state index contributed by atoms with van der Waals surface area (Å²) < 4.78 is 0. The standard InChI is InChI=1S/C20H27N3O2S/c1-3-5-12-21-20(25)23-18(24)14-22-19(17-7-6-13-26-17)16-10-8-15(4-2)9-11-16/h6-11,13,19,22H,3-5,12,14H2,1-2H3,(H2,21,23,24,25)/t19-/m0/s1. The number of thiophene rings is 1. The van der Waals surface area contributed by atoms with E-state index in [1.54, 1.807) is 11.3 Å². The Morgan fingerprint density at radius 2 is 1.88 bits per heavy atom. The van der Waals surface area contributed by atoms with Gasteiger partial charge in [-0.2, -0.15) is 0 Å². The van der Waals surface area contributed by atoms with E-state index in [4.69, 9.17) is 0 Å². The lowest BCUT2D eigenvalue weighted by atomic mass is 10.0. The summed E-state index contributed by atoms with van der Waals surface area (Å²) in [6.45, 7) is 4.82. The minimum Gasteiger partial charge on any atom is -0.338 e. The molecule has 26 heavy (non-hydrogen) atoms. The Morgan fingerprint density at radius 1 is 1.12 bits per heavy atom. The topological polar surface area (TPSA) is 70.2 Å². The maximum absolute atomic E-state index is 12.1. The molecule has 3 N–H and O–H groups in total. The quantitative estimate of drug-likeness (QED) is 0.588. The van der Waals surface area contributed by atoms with Crippen LogP contribution in [0.3, 0.4) is 0 Å². The summed E-state index contributed by atoms with van der Waals surface area (Å²) in [5.74, 6) is -0.342. The van der Waals surface area contributed by atoms with E-state index in [2.05, 4.69) is 47.1 Å². The van der Waals surface area contributed by atoms with Gasteiger partial charge in [0.05, 0.1) is 12.6 Å². The SMILES string of the molecule is CCCCNC(=O)NC(=O)CN[C@@H](c1ccc(CC)cc1)c1cccs1. The number of aryl methyl sites for hydroxylation is 1. The summed E-state index contributed by atoms with van der Waals surface area (Å²) >= 11 is 1.64. The fourth-order valence-corrected chi connectivity index (χ4v) is 3.40. The van der Waals surface area contributed by atoms with Crippen molar-refractivity contribution in [2.45, 2.75) is 39.2 Å². The third-order valence-electron chi connectivity index (χ3n) is 4.08. The number of imide groups is 1. The largest absolute Gasteiger partial charge is 0.338 e. The van der Waals surface area contributed by atoms with Gasteiger partial charge in [-0.25, -0.2) is 4.79 Å². The zero-order valence-corrected chi connectivity index (χ0v) is 16.2. The molecule has 1 aromatic heterocycles. The maximum atomic E-state index is 12.1. The van der Waals surface area contributed by atoms with Crippen LogP contribution < -0.4 is 16.0 Å². The lowest BCUT2D eigenvalue weighted by molar-refractivity contribution is -0.119. The first-order valence-corrected chi connectivity index (χ1v) is 9.95. The van der Waals surface area contributed by atoms with Crippen LogP contribution >= 0.6 is 11.3 Å². The Kier molecular flexibility index (Phi) is 8.31. The zero-order chi connectivity index (χ0) is 18.8. The van der Waals surface area contributed by atoms with Crippen LogP contribution in [0, 0.1) is 0 Å². The molecule has 0 fully saturated rings. The van der Waals surface area contributed by atoms with Gasteiger partial charge in [-0.05, 0) is 35.4 Å². The van der Waals surface area contributed by atoms with Crippen LogP contribution in [0.25, 0.3) is 0 Å². The molecule has 0 aliphatic carbocycles. The summed E-state index contributed by atoms with van der Waals surface area (Å²) in [4.78, 5) is 24.9. The molecule has 140 valence electrons. The Labute approximate surface area is 159 Å². The lowest BCUT2D eigenvalue weighted by Crippen LogP contribution is -2.44. The van der Waals surface area contributed by atoms with Gasteiger partial charge in [-0.3, -0.25) is 15.4 Å². The van der Waals surface area contributed by atoms with Crippen LogP contribution in [-0.4, -0.2) is 25.0 Å². The smallest absolute Gasteiger partial charge is 0.321 e. The number of amides is 3.